The van der Waals surface area contributed by atoms with Gasteiger partial charge in [-0.25, -0.2) is 4.79 Å². The van der Waals surface area contributed by atoms with Gasteiger partial charge in [0, 0.05) is 13.8 Å². The Morgan fingerprint density at radius 1 is 1.04 bits per heavy atom. The molecule has 1 saturated carbocycles. The molecule has 0 bridgehead atoms. The van der Waals surface area contributed by atoms with Crippen molar-refractivity contribution in [3.05, 3.63) is 35.9 Å². The van der Waals surface area contributed by atoms with Crippen molar-refractivity contribution in [2.24, 2.45) is 0 Å². The van der Waals surface area contributed by atoms with E-state index in [0.717, 1.165) is 0 Å². The van der Waals surface area contributed by atoms with Crippen molar-refractivity contribution in [3.8, 4) is 0 Å². The molecule has 0 spiro atoms. The van der Waals surface area contributed by atoms with E-state index >= 15 is 0 Å². The van der Waals surface area contributed by atoms with Gasteiger partial charge in [-0.2, -0.15) is 0 Å². The summed E-state index contributed by atoms with van der Waals surface area (Å²) in [5.41, 5.74) is -0.661. The molecule has 6 atom stereocenters. The first-order valence-corrected chi connectivity index (χ1v) is 8.32. The number of hydrogen-bond donors (Lipinski definition) is 0. The maximum Gasteiger partial charge on any atom is 0.338 e. The van der Waals surface area contributed by atoms with Crippen molar-refractivity contribution in [1.82, 2.24) is 0 Å². The Bertz CT molecular complexity index is 747. The normalized spacial score (nSPS) is 36.2. The van der Waals surface area contributed by atoms with Gasteiger partial charge in [0.1, 0.15) is 24.9 Å². The van der Waals surface area contributed by atoms with Crippen LogP contribution in [-0.2, 0) is 33.3 Å². The fraction of sp³-hybridized carbons (Fsp3) is 0.500. The van der Waals surface area contributed by atoms with Gasteiger partial charge in [0.15, 0.2) is 17.8 Å². The Hall–Kier alpha value is -2.45. The molecule has 0 aromatic heterocycles. The number of fused-ring (bicyclic) bond motifs is 3. The maximum absolute atomic E-state index is 12.2. The summed E-state index contributed by atoms with van der Waals surface area (Å²) in [6, 6.07) is 8.52. The van der Waals surface area contributed by atoms with E-state index in [9.17, 15) is 14.4 Å². The highest BCUT2D eigenvalue weighted by atomic mass is 16.7. The molecule has 138 valence electrons. The monoisotopic (exact) mass is 362 g/mol. The van der Waals surface area contributed by atoms with Gasteiger partial charge in [-0.15, -0.1) is 0 Å². The summed E-state index contributed by atoms with van der Waals surface area (Å²) >= 11 is 0. The molecule has 3 fully saturated rings. The first kappa shape index (κ1) is 17.0. The quantitative estimate of drug-likeness (QED) is 0.427. The highest BCUT2D eigenvalue weighted by molar-refractivity contribution is 5.89. The van der Waals surface area contributed by atoms with Crippen LogP contribution in [0.25, 0.3) is 0 Å². The first-order valence-electron chi connectivity index (χ1n) is 8.32. The zero-order chi connectivity index (χ0) is 18.5. The number of benzene rings is 1. The predicted molar refractivity (Wildman–Crippen MR) is 84.1 cm³/mol. The fourth-order valence-corrected chi connectivity index (χ4v) is 3.57. The highest BCUT2D eigenvalue weighted by Gasteiger charge is 2.81. The molecule has 8 nitrogen and oxygen atoms in total. The molecule has 2 aliphatic heterocycles. The number of hydrogen-bond acceptors (Lipinski definition) is 8. The third-order valence-corrected chi connectivity index (χ3v) is 4.77. The predicted octanol–water partition coefficient (Wildman–Crippen LogP) is 0.625. The van der Waals surface area contributed by atoms with Crippen LogP contribution in [0.15, 0.2) is 30.3 Å². The van der Waals surface area contributed by atoms with Crippen molar-refractivity contribution in [2.45, 2.75) is 50.0 Å². The fourth-order valence-electron chi connectivity index (χ4n) is 3.57. The molecule has 0 unspecified atom stereocenters. The molecule has 0 N–H and O–H groups in total. The van der Waals surface area contributed by atoms with E-state index in [2.05, 4.69) is 0 Å². The lowest BCUT2D eigenvalue weighted by Crippen LogP contribution is -2.55. The zero-order valence-electron chi connectivity index (χ0n) is 14.2. The number of carbonyl (C=O) groups excluding carboxylic acids is 3. The number of esters is 3. The Morgan fingerprint density at radius 2 is 1.73 bits per heavy atom. The lowest BCUT2D eigenvalue weighted by atomic mass is 9.84. The largest absolute Gasteiger partial charge is 0.459 e. The average molecular weight is 362 g/mol. The van der Waals surface area contributed by atoms with E-state index in [1.54, 1.807) is 30.3 Å². The van der Waals surface area contributed by atoms with Crippen molar-refractivity contribution >= 4 is 17.9 Å². The Kier molecular flexibility index (Phi) is 3.96. The van der Waals surface area contributed by atoms with Gasteiger partial charge >= 0.3 is 17.9 Å². The van der Waals surface area contributed by atoms with Crippen LogP contribution in [0, 0.1) is 0 Å². The van der Waals surface area contributed by atoms with Crippen molar-refractivity contribution in [2.75, 3.05) is 6.61 Å². The molecule has 2 saturated heterocycles. The van der Waals surface area contributed by atoms with E-state index in [0.29, 0.717) is 5.56 Å². The lowest BCUT2D eigenvalue weighted by molar-refractivity contribution is -0.175. The molecular formula is C18H18O8. The molecule has 3 aliphatic rings. The van der Waals surface area contributed by atoms with Crippen LogP contribution < -0.4 is 0 Å². The van der Waals surface area contributed by atoms with Crippen LogP contribution in [-0.4, -0.2) is 60.6 Å². The van der Waals surface area contributed by atoms with Crippen molar-refractivity contribution in [1.29, 1.82) is 0 Å². The van der Waals surface area contributed by atoms with Crippen LogP contribution in [0.5, 0.6) is 0 Å². The smallest absolute Gasteiger partial charge is 0.338 e. The minimum absolute atomic E-state index is 0.131. The minimum Gasteiger partial charge on any atom is -0.459 e. The number of carbonyl (C=O) groups is 3. The van der Waals surface area contributed by atoms with Crippen LogP contribution in [0.3, 0.4) is 0 Å². The van der Waals surface area contributed by atoms with Gasteiger partial charge < -0.3 is 23.7 Å². The van der Waals surface area contributed by atoms with Crippen LogP contribution in [0.4, 0.5) is 0 Å². The molecule has 1 aromatic carbocycles. The van der Waals surface area contributed by atoms with Gasteiger partial charge in [0.2, 0.25) is 0 Å². The lowest BCUT2D eigenvalue weighted by Gasteiger charge is -2.32. The van der Waals surface area contributed by atoms with Gasteiger partial charge in [-0.05, 0) is 12.1 Å². The second-order valence-electron chi connectivity index (χ2n) is 6.60. The Morgan fingerprint density at radius 3 is 2.38 bits per heavy atom. The third kappa shape index (κ3) is 2.85. The summed E-state index contributed by atoms with van der Waals surface area (Å²) in [6.07, 6.45) is -2.71. The summed E-state index contributed by atoms with van der Waals surface area (Å²) in [7, 11) is 0. The van der Waals surface area contributed by atoms with E-state index in [4.69, 9.17) is 23.7 Å². The van der Waals surface area contributed by atoms with Gasteiger partial charge in [-0.3, -0.25) is 9.59 Å². The van der Waals surface area contributed by atoms with Crippen LogP contribution >= 0.6 is 0 Å². The molecule has 8 heteroatoms. The Labute approximate surface area is 149 Å². The Balaban J connectivity index is 1.52. The zero-order valence-corrected chi connectivity index (χ0v) is 14.2. The molecule has 2 heterocycles. The number of epoxide rings is 2. The van der Waals surface area contributed by atoms with Crippen molar-refractivity contribution < 1.29 is 38.1 Å². The summed E-state index contributed by atoms with van der Waals surface area (Å²) in [6.45, 7) is 2.39. The summed E-state index contributed by atoms with van der Waals surface area (Å²) in [5.74, 6) is -1.58. The van der Waals surface area contributed by atoms with Gasteiger partial charge in [0.25, 0.3) is 0 Å². The van der Waals surface area contributed by atoms with Crippen molar-refractivity contribution in [3.63, 3.8) is 0 Å². The van der Waals surface area contributed by atoms with Crippen LogP contribution in [0.1, 0.15) is 24.2 Å². The summed E-state index contributed by atoms with van der Waals surface area (Å²) in [5, 5.41) is 0. The molecule has 1 aliphatic carbocycles. The third-order valence-electron chi connectivity index (χ3n) is 4.77. The second-order valence-corrected chi connectivity index (χ2v) is 6.60. The van der Waals surface area contributed by atoms with E-state index < -0.39 is 35.7 Å². The highest BCUT2D eigenvalue weighted by Crippen LogP contribution is 2.57. The minimum atomic E-state index is -1.06. The first-order chi connectivity index (χ1) is 12.4. The SMILES string of the molecule is CC(=O)O[C@H]1[C@H]2O[C@H]2[C@H]2O[C@@]2(COC(=O)c2ccccc2)[C@H]1OC(C)=O. The van der Waals surface area contributed by atoms with Gasteiger partial charge in [0.05, 0.1) is 5.56 Å². The molecule has 0 amide bonds. The van der Waals surface area contributed by atoms with Gasteiger partial charge in [-0.1, -0.05) is 18.2 Å². The average Bonchev–Trinajstić information content (AvgIpc) is 3.49. The maximum atomic E-state index is 12.2. The van der Waals surface area contributed by atoms with Crippen LogP contribution in [0.2, 0.25) is 0 Å². The molecule has 1 aromatic rings. The topological polar surface area (TPSA) is 104 Å². The van der Waals surface area contributed by atoms with E-state index in [1.807, 2.05) is 0 Å². The number of rotatable bonds is 5. The second kappa shape index (κ2) is 6.07. The van der Waals surface area contributed by atoms with E-state index in [1.165, 1.54) is 13.8 Å². The number of ether oxygens (including phenoxy) is 5. The molecule has 26 heavy (non-hydrogen) atoms. The summed E-state index contributed by atoms with van der Waals surface area (Å²) in [4.78, 5) is 35.2. The molecule has 0 radical (unpaired) electrons. The standard InChI is InChI=1S/C18H18O8/c1-9(19)23-13-12-14(25-12)16-18(26-16,15(13)24-10(2)20)8-22-17(21)11-6-4-3-5-7-11/h3-7,12-16H,8H2,1-2H3/t12-,13+,14-,15+,16-,18+/m1/s1. The molecular weight excluding hydrogens is 344 g/mol. The van der Waals surface area contributed by atoms with E-state index in [-0.39, 0.29) is 24.9 Å². The molecule has 4 rings (SSSR count). The summed E-state index contributed by atoms with van der Waals surface area (Å²) < 4.78 is 27.4.